The van der Waals surface area contributed by atoms with Crippen LogP contribution in [0.15, 0.2) is 0 Å². The minimum Gasteiger partial charge on any atom is -0.465 e. The van der Waals surface area contributed by atoms with E-state index in [0.717, 1.165) is 12.8 Å². The normalized spacial score (nSPS) is 11.3. The van der Waals surface area contributed by atoms with Crippen molar-refractivity contribution in [1.29, 1.82) is 0 Å². The Balaban J connectivity index is 3.55. The van der Waals surface area contributed by atoms with Crippen LogP contribution in [0.2, 0.25) is 0 Å². The smallest absolute Gasteiger partial charge is 0.320 e. The third-order valence-corrected chi connectivity index (χ3v) is 3.46. The van der Waals surface area contributed by atoms with Gasteiger partial charge in [-0.1, -0.05) is 45.4 Å². The van der Waals surface area contributed by atoms with Crippen LogP contribution in [-0.2, 0) is 14.3 Å². The first kappa shape index (κ1) is 17.4. The van der Waals surface area contributed by atoms with E-state index in [9.17, 15) is 9.59 Å². The summed E-state index contributed by atoms with van der Waals surface area (Å²) in [6.45, 7) is 5.53. The lowest BCUT2D eigenvalue weighted by molar-refractivity contribution is -0.156. The van der Waals surface area contributed by atoms with Crippen molar-refractivity contribution in [1.82, 2.24) is 0 Å². The lowest BCUT2D eigenvalue weighted by Crippen LogP contribution is -2.32. The fourth-order valence-electron chi connectivity index (χ4n) is 1.48. The molecular formula is C14H25ClO3. The standard InChI is InChI=1S/C14H25ClO3/c1-4-5-6-7-8-9-10-11-18-13(17)14(2,3)12(15)16/h4-11H2,1-3H3. The number of carbonyl (C=O) groups excluding carboxylic acids is 2. The van der Waals surface area contributed by atoms with Crippen LogP contribution in [0.4, 0.5) is 0 Å². The minimum atomic E-state index is -1.23. The van der Waals surface area contributed by atoms with Gasteiger partial charge in [-0.25, -0.2) is 0 Å². The molecule has 0 aromatic rings. The molecule has 0 aromatic carbocycles. The average Bonchev–Trinajstić information content (AvgIpc) is 2.32. The van der Waals surface area contributed by atoms with E-state index in [1.165, 1.54) is 46.0 Å². The first-order valence-electron chi connectivity index (χ1n) is 6.80. The Kier molecular flexibility index (Phi) is 9.08. The van der Waals surface area contributed by atoms with Crippen molar-refractivity contribution in [2.45, 2.75) is 65.7 Å². The maximum Gasteiger partial charge on any atom is 0.320 e. The summed E-state index contributed by atoms with van der Waals surface area (Å²) >= 11 is 5.34. The molecule has 0 heterocycles. The van der Waals surface area contributed by atoms with Crippen LogP contribution in [0.25, 0.3) is 0 Å². The molecule has 0 aliphatic carbocycles. The number of esters is 1. The summed E-state index contributed by atoms with van der Waals surface area (Å²) in [7, 11) is 0. The summed E-state index contributed by atoms with van der Waals surface area (Å²) in [5, 5.41) is -0.674. The second-order valence-corrected chi connectivity index (χ2v) is 5.50. The second kappa shape index (κ2) is 9.37. The zero-order chi connectivity index (χ0) is 14.0. The van der Waals surface area contributed by atoms with Gasteiger partial charge in [0.25, 0.3) is 0 Å². The average molecular weight is 277 g/mol. The Labute approximate surface area is 115 Å². The van der Waals surface area contributed by atoms with Gasteiger partial charge in [0.15, 0.2) is 0 Å². The van der Waals surface area contributed by atoms with E-state index in [1.54, 1.807) is 0 Å². The molecule has 0 fully saturated rings. The van der Waals surface area contributed by atoms with Gasteiger partial charge >= 0.3 is 5.97 Å². The molecule has 0 aliphatic heterocycles. The molecule has 0 aliphatic rings. The molecule has 0 bridgehead atoms. The van der Waals surface area contributed by atoms with Gasteiger partial charge in [0.1, 0.15) is 5.41 Å². The third-order valence-electron chi connectivity index (χ3n) is 2.98. The summed E-state index contributed by atoms with van der Waals surface area (Å²) in [6, 6.07) is 0. The van der Waals surface area contributed by atoms with E-state index in [1.807, 2.05) is 0 Å². The van der Waals surface area contributed by atoms with Gasteiger partial charge in [0, 0.05) is 0 Å². The van der Waals surface area contributed by atoms with E-state index in [-0.39, 0.29) is 0 Å². The molecule has 0 unspecified atom stereocenters. The number of hydrogen-bond acceptors (Lipinski definition) is 3. The highest BCUT2D eigenvalue weighted by Gasteiger charge is 2.36. The number of unbranched alkanes of at least 4 members (excludes halogenated alkanes) is 6. The Morgan fingerprint density at radius 3 is 2.00 bits per heavy atom. The summed E-state index contributed by atoms with van der Waals surface area (Å²) < 4.78 is 5.05. The van der Waals surface area contributed by atoms with Crippen molar-refractivity contribution in [2.75, 3.05) is 6.61 Å². The fraction of sp³-hybridized carbons (Fsp3) is 0.857. The molecule has 106 valence electrons. The number of hydrogen-bond donors (Lipinski definition) is 0. The van der Waals surface area contributed by atoms with Crippen LogP contribution in [0.5, 0.6) is 0 Å². The summed E-state index contributed by atoms with van der Waals surface area (Å²) in [4.78, 5) is 22.6. The molecular weight excluding hydrogens is 252 g/mol. The number of ether oxygens (including phenoxy) is 1. The van der Waals surface area contributed by atoms with Crippen LogP contribution >= 0.6 is 11.6 Å². The predicted octanol–water partition coefficient (Wildman–Crippen LogP) is 4.07. The van der Waals surface area contributed by atoms with E-state index < -0.39 is 16.6 Å². The van der Waals surface area contributed by atoms with Gasteiger partial charge in [-0.15, -0.1) is 0 Å². The molecule has 0 saturated carbocycles. The van der Waals surface area contributed by atoms with Crippen molar-refractivity contribution in [3.8, 4) is 0 Å². The van der Waals surface area contributed by atoms with Gasteiger partial charge in [-0.3, -0.25) is 9.59 Å². The van der Waals surface area contributed by atoms with Crippen molar-refractivity contribution >= 4 is 22.8 Å². The van der Waals surface area contributed by atoms with Crippen LogP contribution in [0.3, 0.4) is 0 Å². The second-order valence-electron chi connectivity index (χ2n) is 5.16. The van der Waals surface area contributed by atoms with Gasteiger partial charge in [0.05, 0.1) is 6.61 Å². The Morgan fingerprint density at radius 1 is 1.00 bits per heavy atom. The van der Waals surface area contributed by atoms with Crippen molar-refractivity contribution < 1.29 is 14.3 Å². The van der Waals surface area contributed by atoms with Crippen molar-refractivity contribution in [3.63, 3.8) is 0 Å². The predicted molar refractivity (Wildman–Crippen MR) is 73.6 cm³/mol. The zero-order valence-corrected chi connectivity index (χ0v) is 12.5. The summed E-state index contributed by atoms with van der Waals surface area (Å²) in [5.74, 6) is -0.534. The molecule has 0 aromatic heterocycles. The molecule has 0 amide bonds. The highest BCUT2D eigenvalue weighted by Crippen LogP contribution is 2.21. The molecule has 0 atom stereocenters. The van der Waals surface area contributed by atoms with Crippen LogP contribution in [-0.4, -0.2) is 17.8 Å². The fourth-order valence-corrected chi connectivity index (χ4v) is 1.56. The Bertz CT molecular complexity index is 262. The molecule has 0 saturated heterocycles. The Morgan fingerprint density at radius 2 is 1.50 bits per heavy atom. The van der Waals surface area contributed by atoms with Gasteiger partial charge in [-0.05, 0) is 31.9 Å². The van der Waals surface area contributed by atoms with Crippen LogP contribution in [0, 0.1) is 5.41 Å². The lowest BCUT2D eigenvalue weighted by atomic mass is 9.96. The lowest BCUT2D eigenvalue weighted by Gasteiger charge is -2.17. The highest BCUT2D eigenvalue weighted by atomic mass is 35.5. The largest absolute Gasteiger partial charge is 0.465 e. The maximum absolute atomic E-state index is 11.6. The van der Waals surface area contributed by atoms with E-state index in [4.69, 9.17) is 16.3 Å². The van der Waals surface area contributed by atoms with Crippen LogP contribution < -0.4 is 0 Å². The van der Waals surface area contributed by atoms with Gasteiger partial charge in [-0.2, -0.15) is 0 Å². The zero-order valence-electron chi connectivity index (χ0n) is 11.8. The molecule has 0 spiro atoms. The number of carbonyl (C=O) groups is 2. The SMILES string of the molecule is CCCCCCCCCOC(=O)C(C)(C)C(=O)Cl. The topological polar surface area (TPSA) is 43.4 Å². The van der Waals surface area contributed by atoms with Crippen molar-refractivity contribution in [2.24, 2.45) is 5.41 Å². The molecule has 18 heavy (non-hydrogen) atoms. The van der Waals surface area contributed by atoms with Gasteiger partial charge in [0.2, 0.25) is 5.24 Å². The van der Waals surface area contributed by atoms with Gasteiger partial charge < -0.3 is 4.74 Å². The van der Waals surface area contributed by atoms with E-state index in [0.29, 0.717) is 6.61 Å². The molecule has 3 nitrogen and oxygen atoms in total. The molecule has 0 rings (SSSR count). The highest BCUT2D eigenvalue weighted by molar-refractivity contribution is 6.66. The first-order valence-corrected chi connectivity index (χ1v) is 7.18. The molecule has 0 N–H and O–H groups in total. The van der Waals surface area contributed by atoms with Crippen molar-refractivity contribution in [3.05, 3.63) is 0 Å². The molecule has 0 radical (unpaired) electrons. The summed E-state index contributed by atoms with van der Waals surface area (Å²) in [5.41, 5.74) is -1.23. The number of rotatable bonds is 10. The molecule has 4 heteroatoms. The number of halogens is 1. The Hall–Kier alpha value is -0.570. The first-order chi connectivity index (χ1) is 8.42. The van der Waals surface area contributed by atoms with E-state index in [2.05, 4.69) is 6.92 Å². The van der Waals surface area contributed by atoms with Crippen LogP contribution in [0.1, 0.15) is 65.7 Å². The monoisotopic (exact) mass is 276 g/mol. The van der Waals surface area contributed by atoms with E-state index >= 15 is 0 Å². The quantitative estimate of drug-likeness (QED) is 0.261. The minimum absolute atomic E-state index is 0.375. The summed E-state index contributed by atoms with van der Waals surface area (Å²) in [6.07, 6.45) is 8.16. The third kappa shape index (κ3) is 7.00. The maximum atomic E-state index is 11.6.